The first-order valence-electron chi connectivity index (χ1n) is 3.85. The highest BCUT2D eigenvalue weighted by Gasteiger charge is 2.34. The molecule has 0 saturated heterocycles. The van der Waals surface area contributed by atoms with Gasteiger partial charge in [0.2, 0.25) is 0 Å². The number of halogens is 5. The highest BCUT2D eigenvalue weighted by molar-refractivity contribution is 9.10. The zero-order valence-corrected chi connectivity index (χ0v) is 11.2. The van der Waals surface area contributed by atoms with Crippen LogP contribution in [0.15, 0.2) is 15.6 Å². The number of pyridine rings is 1. The Morgan fingerprint density at radius 2 is 2.06 bits per heavy atom. The summed E-state index contributed by atoms with van der Waals surface area (Å²) in [5.74, 6) is -0.936. The molecule has 0 atom stereocenters. The van der Waals surface area contributed by atoms with Gasteiger partial charge in [0, 0.05) is 10.7 Å². The van der Waals surface area contributed by atoms with E-state index in [0.29, 0.717) is 6.07 Å². The Balaban J connectivity index is 3.45. The van der Waals surface area contributed by atoms with Gasteiger partial charge in [0.05, 0.1) is 4.47 Å². The summed E-state index contributed by atoms with van der Waals surface area (Å²) in [5, 5.41) is 7.85. The number of hydrogen-bond acceptors (Lipinski definition) is 5. The molecule has 0 bridgehead atoms. The maximum Gasteiger partial charge on any atom is 0.573 e. The molecule has 0 N–H and O–H groups in total. The third-order valence-corrected chi connectivity index (χ3v) is 3.25. The standard InChI is InChI=1S/C7HBrClF3N2O3S/c8-3-1-5(18(9,15)16)14-4(2-13)6(3)17-7(10,11)12/h1H. The van der Waals surface area contributed by atoms with Crippen LogP contribution in [-0.2, 0) is 9.05 Å². The number of hydrogen-bond donors (Lipinski definition) is 0. The van der Waals surface area contributed by atoms with Crippen molar-refractivity contribution in [2.45, 2.75) is 11.4 Å². The van der Waals surface area contributed by atoms with Crippen molar-refractivity contribution in [1.29, 1.82) is 5.26 Å². The van der Waals surface area contributed by atoms with Crippen LogP contribution in [0.3, 0.4) is 0 Å². The SMILES string of the molecule is N#Cc1nc(S(=O)(=O)Cl)cc(Br)c1OC(F)(F)F. The first-order valence-corrected chi connectivity index (χ1v) is 6.96. The fraction of sp³-hybridized carbons (Fsp3) is 0.143. The van der Waals surface area contributed by atoms with Gasteiger partial charge in [-0.05, 0) is 22.0 Å². The minimum atomic E-state index is -5.04. The van der Waals surface area contributed by atoms with E-state index in [-0.39, 0.29) is 0 Å². The average molecular weight is 366 g/mol. The van der Waals surface area contributed by atoms with Crippen molar-refractivity contribution in [3.05, 3.63) is 16.2 Å². The first-order chi connectivity index (χ1) is 8.04. The lowest BCUT2D eigenvalue weighted by Crippen LogP contribution is -2.19. The smallest absolute Gasteiger partial charge is 0.401 e. The first kappa shape index (κ1) is 15.0. The monoisotopic (exact) mass is 364 g/mol. The number of nitrogens with zero attached hydrogens (tertiary/aromatic N) is 2. The van der Waals surface area contributed by atoms with Crippen molar-refractivity contribution < 1.29 is 26.3 Å². The molecule has 0 aliphatic rings. The van der Waals surface area contributed by atoms with E-state index in [1.807, 2.05) is 0 Å². The van der Waals surface area contributed by atoms with E-state index in [4.69, 9.17) is 15.9 Å². The van der Waals surface area contributed by atoms with E-state index in [9.17, 15) is 21.6 Å². The number of nitriles is 1. The molecule has 1 rings (SSSR count). The Kier molecular flexibility index (Phi) is 4.09. The van der Waals surface area contributed by atoms with Crippen molar-refractivity contribution in [3.8, 4) is 11.8 Å². The van der Waals surface area contributed by atoms with Crippen LogP contribution in [-0.4, -0.2) is 19.8 Å². The molecule has 0 aliphatic carbocycles. The van der Waals surface area contributed by atoms with Gasteiger partial charge >= 0.3 is 6.36 Å². The Morgan fingerprint density at radius 1 is 1.50 bits per heavy atom. The molecule has 0 aliphatic heterocycles. The van der Waals surface area contributed by atoms with E-state index >= 15 is 0 Å². The van der Waals surface area contributed by atoms with Crippen molar-refractivity contribution in [2.75, 3.05) is 0 Å². The van der Waals surface area contributed by atoms with Crippen molar-refractivity contribution in [2.24, 2.45) is 0 Å². The molecule has 0 saturated carbocycles. The van der Waals surface area contributed by atoms with Crippen LogP contribution in [0, 0.1) is 11.3 Å². The van der Waals surface area contributed by atoms with Crippen LogP contribution in [0.25, 0.3) is 0 Å². The summed E-state index contributed by atoms with van der Waals surface area (Å²) >= 11 is 2.64. The highest BCUT2D eigenvalue weighted by Crippen LogP contribution is 2.34. The molecule has 1 aromatic rings. The largest absolute Gasteiger partial charge is 0.573 e. The third-order valence-electron chi connectivity index (χ3n) is 1.48. The van der Waals surface area contributed by atoms with Gasteiger partial charge in [-0.2, -0.15) is 5.26 Å². The van der Waals surface area contributed by atoms with Crippen LogP contribution in [0.1, 0.15) is 5.69 Å². The summed E-state index contributed by atoms with van der Waals surface area (Å²) in [4.78, 5) is 3.17. The second kappa shape index (κ2) is 4.91. The fourth-order valence-electron chi connectivity index (χ4n) is 0.894. The average Bonchev–Trinajstić information content (AvgIpc) is 2.17. The van der Waals surface area contributed by atoms with Gasteiger partial charge in [-0.15, -0.1) is 13.2 Å². The van der Waals surface area contributed by atoms with Crippen LogP contribution >= 0.6 is 26.6 Å². The van der Waals surface area contributed by atoms with Crippen LogP contribution < -0.4 is 4.74 Å². The van der Waals surface area contributed by atoms with Crippen LogP contribution in [0.4, 0.5) is 13.2 Å². The normalized spacial score (nSPS) is 12.0. The van der Waals surface area contributed by atoms with Gasteiger partial charge in [-0.1, -0.05) is 0 Å². The summed E-state index contributed by atoms with van der Waals surface area (Å²) in [7, 11) is 0.686. The summed E-state index contributed by atoms with van der Waals surface area (Å²) in [6.07, 6.45) is -5.04. The van der Waals surface area contributed by atoms with Crippen molar-refractivity contribution >= 4 is 35.7 Å². The van der Waals surface area contributed by atoms with Gasteiger partial charge in [0.15, 0.2) is 16.5 Å². The molecule has 5 nitrogen and oxygen atoms in total. The molecule has 1 aromatic heterocycles. The fourth-order valence-corrected chi connectivity index (χ4v) is 2.23. The summed E-state index contributed by atoms with van der Waals surface area (Å²) in [6.45, 7) is 0. The lowest BCUT2D eigenvalue weighted by Gasteiger charge is -2.11. The molecule has 0 unspecified atom stereocenters. The van der Waals surface area contributed by atoms with Crippen molar-refractivity contribution in [1.82, 2.24) is 4.98 Å². The lowest BCUT2D eigenvalue weighted by molar-refractivity contribution is -0.275. The summed E-state index contributed by atoms with van der Waals surface area (Å²) in [5.41, 5.74) is -0.860. The Hall–Kier alpha value is -1.05. The maximum atomic E-state index is 12.0. The molecule has 0 spiro atoms. The van der Waals surface area contributed by atoms with E-state index in [1.54, 1.807) is 0 Å². The summed E-state index contributed by atoms with van der Waals surface area (Å²) < 4.78 is 61.2. The molecular weight excluding hydrogens is 365 g/mol. The topological polar surface area (TPSA) is 80.0 Å². The van der Waals surface area contributed by atoms with E-state index < -0.39 is 36.4 Å². The van der Waals surface area contributed by atoms with Crippen molar-refractivity contribution in [3.63, 3.8) is 0 Å². The number of alkyl halides is 3. The molecule has 1 heterocycles. The maximum absolute atomic E-state index is 12.0. The van der Waals surface area contributed by atoms with Gasteiger partial charge in [-0.3, -0.25) is 0 Å². The number of rotatable bonds is 2. The zero-order valence-electron chi connectivity index (χ0n) is 7.99. The third kappa shape index (κ3) is 3.72. The van der Waals surface area contributed by atoms with Gasteiger partial charge < -0.3 is 4.74 Å². The number of ether oxygens (including phenoxy) is 1. The van der Waals surface area contributed by atoms with Gasteiger partial charge in [-0.25, -0.2) is 13.4 Å². The molecular formula is C7HBrClF3N2O3S. The molecule has 0 radical (unpaired) electrons. The van der Waals surface area contributed by atoms with Gasteiger partial charge in [0.1, 0.15) is 6.07 Å². The summed E-state index contributed by atoms with van der Waals surface area (Å²) in [6, 6.07) is 1.98. The molecule has 11 heteroatoms. The van der Waals surface area contributed by atoms with E-state index in [0.717, 1.165) is 0 Å². The van der Waals surface area contributed by atoms with Gasteiger partial charge in [0.25, 0.3) is 9.05 Å². The second-order valence-electron chi connectivity index (χ2n) is 2.72. The Morgan fingerprint density at radius 3 is 2.44 bits per heavy atom. The Labute approximate surface area is 112 Å². The zero-order chi connectivity index (χ0) is 14.1. The number of aromatic nitrogens is 1. The minimum Gasteiger partial charge on any atom is -0.401 e. The quantitative estimate of drug-likeness (QED) is 0.753. The highest BCUT2D eigenvalue weighted by atomic mass is 79.9. The molecule has 18 heavy (non-hydrogen) atoms. The molecule has 98 valence electrons. The molecule has 0 aromatic carbocycles. The van der Waals surface area contributed by atoms with E-state index in [1.165, 1.54) is 6.07 Å². The predicted octanol–water partition coefficient (Wildman–Crippen LogP) is 2.54. The van der Waals surface area contributed by atoms with Crippen LogP contribution in [0.5, 0.6) is 5.75 Å². The second-order valence-corrected chi connectivity index (χ2v) is 6.08. The lowest BCUT2D eigenvalue weighted by atomic mass is 10.3. The predicted molar refractivity (Wildman–Crippen MR) is 56.4 cm³/mol. The Bertz CT molecular complexity index is 626. The van der Waals surface area contributed by atoms with E-state index in [2.05, 4.69) is 25.7 Å². The molecule has 0 fully saturated rings. The molecule has 0 amide bonds. The van der Waals surface area contributed by atoms with Crippen LogP contribution in [0.2, 0.25) is 0 Å². The minimum absolute atomic E-state index is 0.411.